The van der Waals surface area contributed by atoms with Crippen molar-refractivity contribution in [3.63, 3.8) is 0 Å². The first-order valence-corrected chi connectivity index (χ1v) is 6.02. The number of rotatable bonds is 4. The Labute approximate surface area is 106 Å². The topological polar surface area (TPSA) is 43.6 Å². The number of hydrogen-bond acceptors (Lipinski definition) is 3. The van der Waals surface area contributed by atoms with Crippen molar-refractivity contribution in [2.24, 2.45) is 7.05 Å². The van der Waals surface area contributed by atoms with E-state index in [-0.39, 0.29) is 0 Å². The third-order valence-corrected chi connectivity index (χ3v) is 3.00. The predicted octanol–water partition coefficient (Wildman–Crippen LogP) is 2.60. The highest BCUT2D eigenvalue weighted by Crippen LogP contribution is 2.22. The van der Waals surface area contributed by atoms with E-state index in [0.29, 0.717) is 11.1 Å². The van der Waals surface area contributed by atoms with E-state index in [2.05, 4.69) is 22.0 Å². The van der Waals surface area contributed by atoms with Crippen LogP contribution in [0.2, 0.25) is 5.15 Å². The van der Waals surface area contributed by atoms with Gasteiger partial charge >= 0.3 is 0 Å². The summed E-state index contributed by atoms with van der Waals surface area (Å²) in [5.74, 6) is 1.18. The molecule has 0 aliphatic rings. The average Bonchev–Trinajstić information content (AvgIpc) is 2.73. The van der Waals surface area contributed by atoms with Gasteiger partial charge in [-0.3, -0.25) is 4.68 Å². The molecule has 0 saturated heterocycles. The Kier molecular flexibility index (Phi) is 3.74. The zero-order valence-electron chi connectivity index (χ0n) is 9.97. The molecule has 1 atom stereocenters. The molecular weight excluding hydrogens is 236 g/mol. The monoisotopic (exact) mass is 250 g/mol. The fraction of sp³-hybridized carbons (Fsp3) is 0.417. The van der Waals surface area contributed by atoms with E-state index in [1.54, 1.807) is 12.3 Å². The van der Waals surface area contributed by atoms with E-state index in [9.17, 15) is 0 Å². The van der Waals surface area contributed by atoms with Gasteiger partial charge in [0, 0.05) is 25.9 Å². The van der Waals surface area contributed by atoms with Crippen LogP contribution in [0.5, 0.6) is 0 Å². The van der Waals surface area contributed by atoms with E-state index < -0.39 is 0 Å². The van der Waals surface area contributed by atoms with Crippen LogP contribution >= 0.6 is 11.6 Å². The first kappa shape index (κ1) is 12.0. The van der Waals surface area contributed by atoms with Crippen LogP contribution in [-0.2, 0) is 13.5 Å². The summed E-state index contributed by atoms with van der Waals surface area (Å²) in [5.41, 5.74) is 1.22. The lowest BCUT2D eigenvalue weighted by atomic mass is 9.96. The molecule has 0 radical (unpaired) electrons. The van der Waals surface area contributed by atoms with Gasteiger partial charge in [-0.05, 0) is 24.0 Å². The van der Waals surface area contributed by atoms with Crippen molar-refractivity contribution in [1.82, 2.24) is 19.7 Å². The minimum Gasteiger partial charge on any atom is -0.276 e. The summed E-state index contributed by atoms with van der Waals surface area (Å²) in [6, 6.07) is 1.69. The first-order valence-electron chi connectivity index (χ1n) is 5.65. The normalized spacial score (nSPS) is 12.6. The third kappa shape index (κ3) is 3.03. The summed E-state index contributed by atoms with van der Waals surface area (Å²) in [5, 5.41) is 4.69. The van der Waals surface area contributed by atoms with Crippen molar-refractivity contribution < 1.29 is 0 Å². The summed E-state index contributed by atoms with van der Waals surface area (Å²) in [4.78, 5) is 8.46. The summed E-state index contributed by atoms with van der Waals surface area (Å²) in [6.45, 7) is 2.15. The van der Waals surface area contributed by atoms with Crippen LogP contribution < -0.4 is 0 Å². The molecule has 0 aliphatic heterocycles. The SMILES string of the molecule is CCC(Cc1nccc(Cl)n1)c1cnn(C)c1. The van der Waals surface area contributed by atoms with Gasteiger partial charge in [0.25, 0.3) is 0 Å². The number of halogens is 1. The number of aryl methyl sites for hydroxylation is 1. The van der Waals surface area contributed by atoms with Crippen molar-refractivity contribution in [1.29, 1.82) is 0 Å². The van der Waals surface area contributed by atoms with Crippen LogP contribution in [0.3, 0.4) is 0 Å². The molecule has 17 heavy (non-hydrogen) atoms. The van der Waals surface area contributed by atoms with Gasteiger partial charge in [0.05, 0.1) is 6.20 Å². The fourth-order valence-electron chi connectivity index (χ4n) is 1.84. The van der Waals surface area contributed by atoms with Crippen LogP contribution in [-0.4, -0.2) is 19.7 Å². The van der Waals surface area contributed by atoms with E-state index in [1.165, 1.54) is 5.56 Å². The number of nitrogens with zero attached hydrogens (tertiary/aromatic N) is 4. The van der Waals surface area contributed by atoms with Gasteiger partial charge in [-0.25, -0.2) is 9.97 Å². The first-order chi connectivity index (χ1) is 8.19. The Morgan fingerprint density at radius 2 is 2.29 bits per heavy atom. The molecular formula is C12H15ClN4. The van der Waals surface area contributed by atoms with Crippen LogP contribution in [0.25, 0.3) is 0 Å². The molecule has 0 aromatic carbocycles. The Balaban J connectivity index is 2.15. The van der Waals surface area contributed by atoms with Gasteiger partial charge < -0.3 is 0 Å². The maximum atomic E-state index is 5.85. The molecule has 90 valence electrons. The van der Waals surface area contributed by atoms with Gasteiger partial charge in [-0.2, -0.15) is 5.10 Å². The highest BCUT2D eigenvalue weighted by atomic mass is 35.5. The molecule has 1 unspecified atom stereocenters. The van der Waals surface area contributed by atoms with Crippen molar-refractivity contribution in [2.75, 3.05) is 0 Å². The van der Waals surface area contributed by atoms with Gasteiger partial charge in [-0.1, -0.05) is 18.5 Å². The predicted molar refractivity (Wildman–Crippen MR) is 67.0 cm³/mol. The highest BCUT2D eigenvalue weighted by Gasteiger charge is 2.13. The Hall–Kier alpha value is -1.42. The zero-order chi connectivity index (χ0) is 12.3. The van der Waals surface area contributed by atoms with Crippen molar-refractivity contribution in [3.05, 3.63) is 41.2 Å². The van der Waals surface area contributed by atoms with Crippen LogP contribution in [0.1, 0.15) is 30.7 Å². The molecule has 4 nitrogen and oxygen atoms in total. The lowest BCUT2D eigenvalue weighted by molar-refractivity contribution is 0.635. The minimum absolute atomic E-state index is 0.391. The fourth-order valence-corrected chi connectivity index (χ4v) is 2.00. The molecule has 2 aromatic rings. The van der Waals surface area contributed by atoms with Gasteiger partial charge in [-0.15, -0.1) is 0 Å². The van der Waals surface area contributed by atoms with E-state index >= 15 is 0 Å². The Morgan fingerprint density at radius 3 is 2.88 bits per heavy atom. The number of hydrogen-bond donors (Lipinski definition) is 0. The Bertz CT molecular complexity index is 495. The molecule has 0 fully saturated rings. The zero-order valence-corrected chi connectivity index (χ0v) is 10.7. The molecule has 2 heterocycles. The quantitative estimate of drug-likeness (QED) is 0.784. The smallest absolute Gasteiger partial charge is 0.132 e. The summed E-state index contributed by atoms with van der Waals surface area (Å²) < 4.78 is 1.82. The summed E-state index contributed by atoms with van der Waals surface area (Å²) in [7, 11) is 1.92. The maximum Gasteiger partial charge on any atom is 0.132 e. The lowest BCUT2D eigenvalue weighted by Crippen LogP contribution is -2.04. The Morgan fingerprint density at radius 1 is 1.47 bits per heavy atom. The van der Waals surface area contributed by atoms with Crippen molar-refractivity contribution in [2.45, 2.75) is 25.7 Å². The molecule has 0 saturated carbocycles. The second-order valence-electron chi connectivity index (χ2n) is 4.05. The third-order valence-electron chi connectivity index (χ3n) is 2.79. The summed E-state index contributed by atoms with van der Waals surface area (Å²) >= 11 is 5.85. The van der Waals surface area contributed by atoms with Crippen LogP contribution in [0, 0.1) is 0 Å². The molecule has 2 rings (SSSR count). The molecule has 0 N–H and O–H groups in total. The van der Waals surface area contributed by atoms with Crippen molar-refractivity contribution >= 4 is 11.6 Å². The minimum atomic E-state index is 0.391. The molecule has 5 heteroatoms. The molecule has 0 aliphatic carbocycles. The van der Waals surface area contributed by atoms with Gasteiger partial charge in [0.2, 0.25) is 0 Å². The van der Waals surface area contributed by atoms with Crippen LogP contribution in [0.4, 0.5) is 0 Å². The molecule has 2 aromatic heterocycles. The maximum absolute atomic E-state index is 5.85. The standard InChI is InChI=1S/C12H15ClN4/c1-3-9(10-7-15-17(2)8-10)6-12-14-5-4-11(13)16-12/h4-5,7-9H,3,6H2,1-2H3. The lowest BCUT2D eigenvalue weighted by Gasteiger charge is -2.11. The van der Waals surface area contributed by atoms with Gasteiger partial charge in [0.1, 0.15) is 11.0 Å². The van der Waals surface area contributed by atoms with E-state index in [0.717, 1.165) is 18.7 Å². The molecule has 0 spiro atoms. The molecule has 0 amide bonds. The van der Waals surface area contributed by atoms with Gasteiger partial charge in [0.15, 0.2) is 0 Å². The largest absolute Gasteiger partial charge is 0.276 e. The van der Waals surface area contributed by atoms with Crippen molar-refractivity contribution in [3.8, 4) is 0 Å². The van der Waals surface area contributed by atoms with E-state index in [4.69, 9.17) is 11.6 Å². The van der Waals surface area contributed by atoms with E-state index in [1.807, 2.05) is 24.1 Å². The average molecular weight is 251 g/mol. The molecule has 0 bridgehead atoms. The summed E-state index contributed by atoms with van der Waals surface area (Å²) in [6.07, 6.45) is 7.46. The van der Waals surface area contributed by atoms with Crippen LogP contribution in [0.15, 0.2) is 24.7 Å². The number of aromatic nitrogens is 4. The second kappa shape index (κ2) is 5.27. The second-order valence-corrected chi connectivity index (χ2v) is 4.44. The highest BCUT2D eigenvalue weighted by molar-refractivity contribution is 6.29.